The quantitative estimate of drug-likeness (QED) is 0.642. The number of hydrogen-bond donors (Lipinski definition) is 2. The molecule has 0 aliphatic heterocycles. The minimum Gasteiger partial charge on any atom is -0.493 e. The van der Waals surface area contributed by atoms with Crippen LogP contribution in [0.15, 0.2) is 36.7 Å². The minimum absolute atomic E-state index is 0.386. The van der Waals surface area contributed by atoms with Crippen LogP contribution in [0.3, 0.4) is 0 Å². The Kier molecular flexibility index (Phi) is 4.95. The molecule has 7 nitrogen and oxygen atoms in total. The van der Waals surface area contributed by atoms with Gasteiger partial charge in [-0.15, -0.1) is 0 Å². The summed E-state index contributed by atoms with van der Waals surface area (Å²) in [7, 11) is 4.06. The molecule has 0 saturated carbocycles. The summed E-state index contributed by atoms with van der Waals surface area (Å²) in [6, 6.07) is 7.10. The maximum Gasteiger partial charge on any atom is 0.250 e. The van der Waals surface area contributed by atoms with E-state index in [4.69, 9.17) is 10.5 Å². The fourth-order valence-corrected chi connectivity index (χ4v) is 2.61. The highest BCUT2D eigenvalue weighted by Gasteiger charge is 2.15. The molecule has 1 amide bonds. The van der Waals surface area contributed by atoms with Crippen LogP contribution in [-0.4, -0.2) is 53.0 Å². The Balaban J connectivity index is 1.90. The average Bonchev–Trinajstić information content (AvgIpc) is 3.02. The number of carbonyl (C=O) groups is 1. The smallest absolute Gasteiger partial charge is 0.250 e. The van der Waals surface area contributed by atoms with E-state index in [0.29, 0.717) is 29.3 Å². The van der Waals surface area contributed by atoms with Crippen LogP contribution in [0.25, 0.3) is 22.4 Å². The van der Waals surface area contributed by atoms with E-state index < -0.39 is 5.91 Å². The lowest BCUT2D eigenvalue weighted by molar-refractivity contribution is 0.100. The monoisotopic (exact) mass is 339 g/mol. The average molecular weight is 339 g/mol. The van der Waals surface area contributed by atoms with Crippen molar-refractivity contribution in [3.05, 3.63) is 42.2 Å². The van der Waals surface area contributed by atoms with Crippen LogP contribution < -0.4 is 10.5 Å². The molecule has 3 N–H and O–H groups in total. The second kappa shape index (κ2) is 7.31. The van der Waals surface area contributed by atoms with Gasteiger partial charge in [0.1, 0.15) is 17.1 Å². The highest BCUT2D eigenvalue weighted by Crippen LogP contribution is 2.29. The zero-order valence-corrected chi connectivity index (χ0v) is 14.3. The maximum atomic E-state index is 11.6. The number of fused-ring (bicyclic) bond motifs is 1. The molecule has 2 aromatic heterocycles. The Bertz CT molecular complexity index is 888. The highest BCUT2D eigenvalue weighted by molar-refractivity contribution is 6.04. The van der Waals surface area contributed by atoms with E-state index in [1.807, 2.05) is 26.2 Å². The third-order valence-corrected chi connectivity index (χ3v) is 3.82. The molecule has 2 heterocycles. The fourth-order valence-electron chi connectivity index (χ4n) is 2.61. The summed E-state index contributed by atoms with van der Waals surface area (Å²) < 4.78 is 5.90. The Hall–Kier alpha value is -2.93. The largest absolute Gasteiger partial charge is 0.493 e. The van der Waals surface area contributed by atoms with Gasteiger partial charge in [-0.05, 0) is 38.7 Å². The summed E-state index contributed by atoms with van der Waals surface area (Å²) in [5.74, 6) is 0.794. The van der Waals surface area contributed by atoms with Crippen molar-refractivity contribution in [2.24, 2.45) is 5.73 Å². The second-order valence-electron chi connectivity index (χ2n) is 6.03. The van der Waals surface area contributed by atoms with Crippen molar-refractivity contribution in [3.8, 4) is 17.1 Å². The Morgan fingerprint density at radius 3 is 2.92 bits per heavy atom. The normalized spacial score (nSPS) is 11.2. The van der Waals surface area contributed by atoms with Crippen LogP contribution >= 0.6 is 0 Å². The summed E-state index contributed by atoms with van der Waals surface area (Å²) in [5.41, 5.74) is 7.86. The first kappa shape index (κ1) is 16.9. The molecular formula is C18H21N5O2. The van der Waals surface area contributed by atoms with E-state index in [2.05, 4.69) is 19.9 Å². The molecule has 0 aliphatic carbocycles. The van der Waals surface area contributed by atoms with Gasteiger partial charge >= 0.3 is 0 Å². The predicted molar refractivity (Wildman–Crippen MR) is 96.5 cm³/mol. The summed E-state index contributed by atoms with van der Waals surface area (Å²) in [6.45, 7) is 1.55. The number of nitrogens with one attached hydrogen (secondary N) is 1. The molecule has 0 unspecified atom stereocenters. The lowest BCUT2D eigenvalue weighted by Crippen LogP contribution is -2.15. The molecule has 0 spiro atoms. The Morgan fingerprint density at radius 2 is 2.16 bits per heavy atom. The van der Waals surface area contributed by atoms with Crippen molar-refractivity contribution in [2.75, 3.05) is 27.2 Å². The van der Waals surface area contributed by atoms with E-state index in [0.717, 1.165) is 24.0 Å². The van der Waals surface area contributed by atoms with Gasteiger partial charge in [0.25, 0.3) is 5.91 Å². The highest BCUT2D eigenvalue weighted by atomic mass is 16.5. The first-order chi connectivity index (χ1) is 12.1. The first-order valence-corrected chi connectivity index (χ1v) is 8.06. The summed E-state index contributed by atoms with van der Waals surface area (Å²) in [6.07, 6.45) is 4.30. The molecule has 3 rings (SSSR count). The number of aromatic nitrogens is 3. The van der Waals surface area contributed by atoms with Crippen molar-refractivity contribution in [3.63, 3.8) is 0 Å². The van der Waals surface area contributed by atoms with Crippen molar-refractivity contribution < 1.29 is 9.53 Å². The lowest BCUT2D eigenvalue weighted by Gasteiger charge is -2.12. The van der Waals surface area contributed by atoms with Crippen LogP contribution in [0.4, 0.5) is 0 Å². The molecule has 0 saturated heterocycles. The summed E-state index contributed by atoms with van der Waals surface area (Å²) in [5, 5.41) is 0. The molecule has 3 aromatic rings. The number of aromatic amines is 1. The van der Waals surface area contributed by atoms with Crippen LogP contribution in [0.2, 0.25) is 0 Å². The number of H-pyrrole nitrogens is 1. The minimum atomic E-state index is -0.505. The number of imidazole rings is 1. The standard InChI is InChI=1S/C18H21N5O2/c1-23(2)9-4-10-25-15-7-8-20-11-13(15)18-21-14-6-3-5-12(17(19)24)16(14)22-18/h3,5-8,11H,4,9-10H2,1-2H3,(H2,19,24)(H,21,22). The van der Waals surface area contributed by atoms with E-state index in [9.17, 15) is 4.79 Å². The van der Waals surface area contributed by atoms with E-state index in [1.54, 1.807) is 24.5 Å². The van der Waals surface area contributed by atoms with Gasteiger partial charge in [-0.2, -0.15) is 0 Å². The number of benzene rings is 1. The molecule has 0 aliphatic rings. The number of primary amides is 1. The lowest BCUT2D eigenvalue weighted by atomic mass is 10.2. The molecule has 0 atom stereocenters. The third-order valence-electron chi connectivity index (χ3n) is 3.82. The number of hydrogen-bond acceptors (Lipinski definition) is 5. The topological polar surface area (TPSA) is 97.1 Å². The van der Waals surface area contributed by atoms with Crippen molar-refractivity contribution >= 4 is 16.9 Å². The number of pyridine rings is 1. The van der Waals surface area contributed by atoms with E-state index in [1.165, 1.54) is 0 Å². The Morgan fingerprint density at radius 1 is 1.32 bits per heavy atom. The van der Waals surface area contributed by atoms with Crippen LogP contribution in [0.5, 0.6) is 5.75 Å². The van der Waals surface area contributed by atoms with Crippen LogP contribution in [0, 0.1) is 0 Å². The van der Waals surface area contributed by atoms with E-state index >= 15 is 0 Å². The molecule has 25 heavy (non-hydrogen) atoms. The molecule has 0 radical (unpaired) electrons. The zero-order valence-electron chi connectivity index (χ0n) is 14.3. The molecule has 0 fully saturated rings. The number of ether oxygens (including phenoxy) is 1. The molecule has 0 bridgehead atoms. The number of nitrogens with zero attached hydrogens (tertiary/aromatic N) is 3. The number of carbonyl (C=O) groups excluding carboxylic acids is 1. The fraction of sp³-hybridized carbons (Fsp3) is 0.278. The maximum absolute atomic E-state index is 11.6. The molecule has 130 valence electrons. The number of nitrogens with two attached hydrogens (primary N) is 1. The van der Waals surface area contributed by atoms with Gasteiger partial charge in [0.05, 0.1) is 23.3 Å². The van der Waals surface area contributed by atoms with Crippen molar-refractivity contribution in [1.29, 1.82) is 0 Å². The Labute approximate surface area is 145 Å². The van der Waals surface area contributed by atoms with Crippen molar-refractivity contribution in [2.45, 2.75) is 6.42 Å². The van der Waals surface area contributed by atoms with Gasteiger partial charge in [0.15, 0.2) is 0 Å². The summed E-state index contributed by atoms with van der Waals surface area (Å²) >= 11 is 0. The number of amides is 1. The van der Waals surface area contributed by atoms with Crippen LogP contribution in [0.1, 0.15) is 16.8 Å². The second-order valence-corrected chi connectivity index (χ2v) is 6.03. The first-order valence-electron chi connectivity index (χ1n) is 8.06. The molecule has 1 aromatic carbocycles. The predicted octanol–water partition coefficient (Wildman–Crippen LogP) is 2.05. The van der Waals surface area contributed by atoms with Gasteiger partial charge < -0.3 is 20.4 Å². The van der Waals surface area contributed by atoms with Gasteiger partial charge in [0.2, 0.25) is 0 Å². The summed E-state index contributed by atoms with van der Waals surface area (Å²) in [4.78, 5) is 25.6. The van der Waals surface area contributed by atoms with Crippen LogP contribution in [-0.2, 0) is 0 Å². The van der Waals surface area contributed by atoms with Gasteiger partial charge in [-0.25, -0.2) is 4.98 Å². The number of para-hydroxylation sites is 1. The van der Waals surface area contributed by atoms with Gasteiger partial charge in [0, 0.05) is 18.9 Å². The van der Waals surface area contributed by atoms with Gasteiger partial charge in [-0.3, -0.25) is 9.78 Å². The third kappa shape index (κ3) is 3.77. The van der Waals surface area contributed by atoms with Crippen molar-refractivity contribution in [1.82, 2.24) is 19.9 Å². The number of rotatable bonds is 7. The SMILES string of the molecule is CN(C)CCCOc1ccncc1-c1nc2c(C(N)=O)cccc2[nH]1. The van der Waals surface area contributed by atoms with Gasteiger partial charge in [-0.1, -0.05) is 6.07 Å². The molecular weight excluding hydrogens is 318 g/mol. The van der Waals surface area contributed by atoms with E-state index in [-0.39, 0.29) is 0 Å². The molecule has 7 heteroatoms. The zero-order chi connectivity index (χ0) is 17.8.